The molecular weight excluding hydrogens is 333 g/mol. The van der Waals surface area contributed by atoms with Gasteiger partial charge in [0, 0.05) is 32.6 Å². The van der Waals surface area contributed by atoms with E-state index >= 15 is 0 Å². The van der Waals surface area contributed by atoms with Gasteiger partial charge in [0.2, 0.25) is 11.8 Å². The van der Waals surface area contributed by atoms with Crippen LogP contribution in [0.2, 0.25) is 0 Å². The molecule has 0 aliphatic heterocycles. The van der Waals surface area contributed by atoms with Gasteiger partial charge < -0.3 is 10.2 Å². The van der Waals surface area contributed by atoms with Crippen LogP contribution in [0.5, 0.6) is 0 Å². The number of hydrogen-bond donors (Lipinski definition) is 1. The molecule has 1 aromatic carbocycles. The van der Waals surface area contributed by atoms with E-state index in [4.69, 9.17) is 0 Å². The van der Waals surface area contributed by atoms with Crippen LogP contribution in [0, 0.1) is 5.41 Å². The Bertz CT molecular complexity index is 635. The Morgan fingerprint density at radius 3 is 2.36 bits per heavy atom. The second-order valence-electron chi connectivity index (χ2n) is 6.98. The van der Waals surface area contributed by atoms with E-state index in [1.807, 2.05) is 0 Å². The van der Waals surface area contributed by atoms with Crippen molar-refractivity contribution in [3.63, 3.8) is 0 Å². The molecule has 1 N–H and O–H groups in total. The number of benzene rings is 1. The van der Waals surface area contributed by atoms with Crippen LogP contribution in [0.4, 0.5) is 18.9 Å². The molecular formula is C18H23F3N2O2. The molecule has 0 aromatic heterocycles. The van der Waals surface area contributed by atoms with Crippen molar-refractivity contribution in [3.8, 4) is 0 Å². The molecule has 2 rings (SSSR count). The fourth-order valence-corrected chi connectivity index (χ4v) is 3.34. The maximum Gasteiger partial charge on any atom is 0.416 e. The Morgan fingerprint density at radius 2 is 1.80 bits per heavy atom. The highest BCUT2D eigenvalue weighted by atomic mass is 19.4. The van der Waals surface area contributed by atoms with Gasteiger partial charge in [0.05, 0.1) is 5.56 Å². The van der Waals surface area contributed by atoms with E-state index < -0.39 is 17.2 Å². The number of carbonyl (C=O) groups is 2. The zero-order valence-corrected chi connectivity index (χ0v) is 14.4. The molecule has 0 bridgehead atoms. The first-order valence-electron chi connectivity index (χ1n) is 8.29. The minimum atomic E-state index is -4.45. The maximum absolute atomic E-state index is 12.8. The van der Waals surface area contributed by atoms with Crippen LogP contribution >= 0.6 is 0 Å². The quantitative estimate of drug-likeness (QED) is 0.864. The van der Waals surface area contributed by atoms with E-state index in [9.17, 15) is 22.8 Å². The van der Waals surface area contributed by atoms with Crippen molar-refractivity contribution in [2.75, 3.05) is 19.4 Å². The van der Waals surface area contributed by atoms with Crippen LogP contribution in [0.25, 0.3) is 0 Å². The third-order valence-electron chi connectivity index (χ3n) is 4.70. The molecule has 4 nitrogen and oxygen atoms in total. The average Bonchev–Trinajstić information content (AvgIpc) is 2.94. The van der Waals surface area contributed by atoms with E-state index in [1.54, 1.807) is 14.1 Å². The lowest BCUT2D eigenvalue weighted by atomic mass is 9.78. The van der Waals surface area contributed by atoms with Gasteiger partial charge in [-0.15, -0.1) is 0 Å². The first-order valence-corrected chi connectivity index (χ1v) is 8.29. The van der Waals surface area contributed by atoms with E-state index in [2.05, 4.69) is 5.32 Å². The minimum absolute atomic E-state index is 0.0335. The number of amides is 2. The van der Waals surface area contributed by atoms with Gasteiger partial charge in [-0.1, -0.05) is 18.9 Å². The second-order valence-corrected chi connectivity index (χ2v) is 6.98. The molecule has 138 valence electrons. The number of nitrogens with one attached hydrogen (secondary N) is 1. The van der Waals surface area contributed by atoms with Crippen LogP contribution < -0.4 is 5.32 Å². The molecule has 1 saturated carbocycles. The molecule has 25 heavy (non-hydrogen) atoms. The van der Waals surface area contributed by atoms with Crippen LogP contribution in [0.3, 0.4) is 0 Å². The van der Waals surface area contributed by atoms with E-state index in [-0.39, 0.29) is 30.3 Å². The Kier molecular flexibility index (Phi) is 5.75. The fourth-order valence-electron chi connectivity index (χ4n) is 3.34. The molecule has 1 aliphatic rings. The predicted molar refractivity (Wildman–Crippen MR) is 88.9 cm³/mol. The number of nitrogens with zero attached hydrogens (tertiary/aromatic N) is 1. The summed E-state index contributed by atoms with van der Waals surface area (Å²) in [6.45, 7) is 0. The van der Waals surface area contributed by atoms with Crippen molar-refractivity contribution >= 4 is 17.5 Å². The molecule has 0 radical (unpaired) electrons. The molecule has 0 atom stereocenters. The molecule has 0 saturated heterocycles. The first-order chi connectivity index (χ1) is 11.6. The standard InChI is InChI=1S/C18H23F3N2O2/c1-23(2)16(25)12-17(8-3-4-9-17)11-15(24)22-14-7-5-6-13(10-14)18(19,20)21/h5-7,10H,3-4,8-9,11-12H2,1-2H3,(H,22,24). The summed E-state index contributed by atoms with van der Waals surface area (Å²) in [6, 6.07) is 4.58. The third-order valence-corrected chi connectivity index (χ3v) is 4.70. The van der Waals surface area contributed by atoms with Crippen molar-refractivity contribution in [1.82, 2.24) is 4.90 Å². The van der Waals surface area contributed by atoms with Crippen molar-refractivity contribution in [2.45, 2.75) is 44.7 Å². The molecule has 2 amide bonds. The number of anilines is 1. The highest BCUT2D eigenvalue weighted by Gasteiger charge is 2.38. The number of carbonyl (C=O) groups excluding carboxylic acids is 2. The zero-order valence-electron chi connectivity index (χ0n) is 14.4. The Hall–Kier alpha value is -2.05. The van der Waals surface area contributed by atoms with E-state index in [1.165, 1.54) is 17.0 Å². The van der Waals surface area contributed by atoms with E-state index in [0.717, 1.165) is 37.8 Å². The van der Waals surface area contributed by atoms with Crippen molar-refractivity contribution in [3.05, 3.63) is 29.8 Å². The smallest absolute Gasteiger partial charge is 0.349 e. The minimum Gasteiger partial charge on any atom is -0.349 e. The lowest BCUT2D eigenvalue weighted by molar-refractivity contribution is -0.137. The number of halogens is 3. The Balaban J connectivity index is 2.06. The monoisotopic (exact) mass is 356 g/mol. The van der Waals surface area contributed by atoms with Crippen LogP contribution in [0.1, 0.15) is 44.1 Å². The van der Waals surface area contributed by atoms with Crippen molar-refractivity contribution in [2.24, 2.45) is 5.41 Å². The summed E-state index contributed by atoms with van der Waals surface area (Å²) in [4.78, 5) is 25.9. The zero-order chi connectivity index (χ0) is 18.7. The maximum atomic E-state index is 12.8. The van der Waals surface area contributed by atoms with Gasteiger partial charge in [0.1, 0.15) is 0 Å². The normalized spacial score (nSPS) is 16.5. The second kappa shape index (κ2) is 7.45. The van der Waals surface area contributed by atoms with E-state index in [0.29, 0.717) is 0 Å². The van der Waals surface area contributed by atoms with Gasteiger partial charge in [-0.05, 0) is 36.5 Å². The lowest BCUT2D eigenvalue weighted by Gasteiger charge is -2.29. The number of alkyl halides is 3. The highest BCUT2D eigenvalue weighted by molar-refractivity contribution is 5.91. The third kappa shape index (κ3) is 5.21. The Morgan fingerprint density at radius 1 is 1.16 bits per heavy atom. The van der Waals surface area contributed by atoms with Gasteiger partial charge in [-0.3, -0.25) is 9.59 Å². The topological polar surface area (TPSA) is 49.4 Å². The highest BCUT2D eigenvalue weighted by Crippen LogP contribution is 2.44. The molecule has 0 heterocycles. The SMILES string of the molecule is CN(C)C(=O)CC1(CC(=O)Nc2cccc(C(F)(F)F)c2)CCCC1. The van der Waals surface area contributed by atoms with Gasteiger partial charge in [-0.25, -0.2) is 0 Å². The van der Waals surface area contributed by atoms with Crippen molar-refractivity contribution < 1.29 is 22.8 Å². The summed E-state index contributed by atoms with van der Waals surface area (Å²) in [7, 11) is 3.35. The summed E-state index contributed by atoms with van der Waals surface area (Å²) in [6.07, 6.45) is -0.551. The molecule has 0 unspecified atom stereocenters. The van der Waals surface area contributed by atoms with Gasteiger partial charge in [0.15, 0.2) is 0 Å². The fraction of sp³-hybridized carbons (Fsp3) is 0.556. The van der Waals surface area contributed by atoms with Crippen LogP contribution in [-0.4, -0.2) is 30.8 Å². The van der Waals surface area contributed by atoms with Crippen LogP contribution in [0.15, 0.2) is 24.3 Å². The summed E-state index contributed by atoms with van der Waals surface area (Å²) >= 11 is 0. The van der Waals surface area contributed by atoms with Crippen LogP contribution in [-0.2, 0) is 15.8 Å². The number of hydrogen-bond acceptors (Lipinski definition) is 2. The lowest BCUT2D eigenvalue weighted by Crippen LogP contribution is -2.32. The average molecular weight is 356 g/mol. The summed E-state index contributed by atoms with van der Waals surface area (Å²) in [5.74, 6) is -0.387. The van der Waals surface area contributed by atoms with Gasteiger partial charge >= 0.3 is 6.18 Å². The molecule has 1 aromatic rings. The predicted octanol–water partition coefficient (Wildman–Crippen LogP) is 4.07. The van der Waals surface area contributed by atoms with Gasteiger partial charge in [0.25, 0.3) is 0 Å². The number of rotatable bonds is 5. The molecule has 1 fully saturated rings. The Labute approximate surface area is 145 Å². The molecule has 1 aliphatic carbocycles. The summed E-state index contributed by atoms with van der Waals surface area (Å²) in [5, 5.41) is 2.54. The summed E-state index contributed by atoms with van der Waals surface area (Å²) < 4.78 is 38.3. The first kappa shape index (κ1) is 19.3. The van der Waals surface area contributed by atoms with Crippen molar-refractivity contribution in [1.29, 1.82) is 0 Å². The largest absolute Gasteiger partial charge is 0.416 e. The van der Waals surface area contributed by atoms with Gasteiger partial charge in [-0.2, -0.15) is 13.2 Å². The summed E-state index contributed by atoms with van der Waals surface area (Å²) in [5.41, 5.74) is -1.08. The molecule has 7 heteroatoms. The molecule has 0 spiro atoms.